The average Bonchev–Trinajstić information content (AvgIpc) is 3.19. The summed E-state index contributed by atoms with van der Waals surface area (Å²) in [6, 6.07) is 16.4. The topological polar surface area (TPSA) is 88.5 Å². The van der Waals surface area contributed by atoms with Crippen molar-refractivity contribution in [3.8, 4) is 11.5 Å². The highest BCUT2D eigenvalue weighted by Crippen LogP contribution is 2.24. The Morgan fingerprint density at radius 3 is 2.42 bits per heavy atom. The van der Waals surface area contributed by atoms with Gasteiger partial charge in [0.2, 0.25) is 0 Å². The number of anilines is 2. The molecule has 1 aromatic heterocycles. The zero-order chi connectivity index (χ0) is 17.9. The standard InChI is InChI=1S/C18H17N5O3/c24-23(25)16-8-4-7-15(13-16)21-9-11-22(12-10-21)18-19-17(26-20-18)14-5-2-1-3-6-14/h1-8,13H,9-12H2. The van der Waals surface area contributed by atoms with Crippen LogP contribution in [0.5, 0.6) is 0 Å². The quantitative estimate of drug-likeness (QED) is 0.527. The largest absolute Gasteiger partial charge is 0.368 e. The van der Waals surface area contributed by atoms with Crippen LogP contribution in [0, 0.1) is 10.1 Å². The Balaban J connectivity index is 1.43. The van der Waals surface area contributed by atoms with Gasteiger partial charge in [0.05, 0.1) is 4.92 Å². The second-order valence-corrected chi connectivity index (χ2v) is 6.02. The normalized spacial score (nSPS) is 14.5. The number of nitrogens with zero attached hydrogens (tertiary/aromatic N) is 5. The predicted octanol–water partition coefficient (Wildman–Crippen LogP) is 2.97. The summed E-state index contributed by atoms with van der Waals surface area (Å²) in [5.41, 5.74) is 1.86. The average molecular weight is 351 g/mol. The minimum atomic E-state index is -0.371. The summed E-state index contributed by atoms with van der Waals surface area (Å²) in [7, 11) is 0. The number of nitro groups is 1. The molecule has 1 saturated heterocycles. The van der Waals surface area contributed by atoms with Gasteiger partial charge in [-0.1, -0.05) is 24.3 Å². The van der Waals surface area contributed by atoms with Gasteiger partial charge in [-0.05, 0) is 23.4 Å². The third-order valence-electron chi connectivity index (χ3n) is 4.40. The van der Waals surface area contributed by atoms with Crippen LogP contribution in [0.2, 0.25) is 0 Å². The van der Waals surface area contributed by atoms with E-state index in [2.05, 4.69) is 19.9 Å². The van der Waals surface area contributed by atoms with Crippen molar-refractivity contribution in [2.24, 2.45) is 0 Å². The molecule has 26 heavy (non-hydrogen) atoms. The maximum Gasteiger partial charge on any atom is 0.271 e. The summed E-state index contributed by atoms with van der Waals surface area (Å²) in [6.07, 6.45) is 0. The van der Waals surface area contributed by atoms with Gasteiger partial charge in [-0.2, -0.15) is 4.98 Å². The lowest BCUT2D eigenvalue weighted by Gasteiger charge is -2.35. The van der Waals surface area contributed by atoms with Crippen LogP contribution in [-0.4, -0.2) is 41.2 Å². The number of piperazine rings is 1. The molecular weight excluding hydrogens is 334 g/mol. The zero-order valence-electron chi connectivity index (χ0n) is 14.0. The van der Waals surface area contributed by atoms with E-state index < -0.39 is 0 Å². The van der Waals surface area contributed by atoms with Gasteiger partial charge in [0.15, 0.2) is 0 Å². The summed E-state index contributed by atoms with van der Waals surface area (Å²) >= 11 is 0. The fourth-order valence-corrected chi connectivity index (χ4v) is 3.01. The maximum atomic E-state index is 10.9. The summed E-state index contributed by atoms with van der Waals surface area (Å²) in [5.74, 6) is 1.07. The molecule has 4 rings (SSSR count). The Morgan fingerprint density at radius 2 is 1.69 bits per heavy atom. The Kier molecular flexibility index (Phi) is 4.22. The van der Waals surface area contributed by atoms with Crippen molar-refractivity contribution >= 4 is 17.3 Å². The van der Waals surface area contributed by atoms with E-state index in [1.54, 1.807) is 12.1 Å². The molecule has 0 amide bonds. The lowest BCUT2D eigenvalue weighted by molar-refractivity contribution is -0.384. The maximum absolute atomic E-state index is 10.9. The Labute approximate surface area is 149 Å². The number of aromatic nitrogens is 2. The number of rotatable bonds is 4. The van der Waals surface area contributed by atoms with Crippen molar-refractivity contribution in [1.29, 1.82) is 0 Å². The van der Waals surface area contributed by atoms with Crippen molar-refractivity contribution in [3.63, 3.8) is 0 Å². The van der Waals surface area contributed by atoms with E-state index in [1.165, 1.54) is 6.07 Å². The van der Waals surface area contributed by atoms with Crippen molar-refractivity contribution in [1.82, 2.24) is 10.1 Å². The molecular formula is C18H17N5O3. The molecule has 8 heteroatoms. The fourth-order valence-electron chi connectivity index (χ4n) is 3.01. The Morgan fingerprint density at radius 1 is 0.962 bits per heavy atom. The van der Waals surface area contributed by atoms with Crippen LogP contribution in [-0.2, 0) is 0 Å². The molecule has 8 nitrogen and oxygen atoms in total. The van der Waals surface area contributed by atoms with Gasteiger partial charge in [-0.3, -0.25) is 10.1 Å². The molecule has 0 atom stereocenters. The molecule has 0 spiro atoms. The number of benzene rings is 2. The molecule has 0 aliphatic carbocycles. The highest BCUT2D eigenvalue weighted by molar-refractivity contribution is 5.56. The van der Waals surface area contributed by atoms with E-state index in [-0.39, 0.29) is 10.6 Å². The number of hydrogen-bond donors (Lipinski definition) is 0. The van der Waals surface area contributed by atoms with Gasteiger partial charge >= 0.3 is 0 Å². The second kappa shape index (κ2) is 6.83. The summed E-state index contributed by atoms with van der Waals surface area (Å²) < 4.78 is 5.37. The minimum Gasteiger partial charge on any atom is -0.368 e. The molecule has 1 aliphatic rings. The van der Waals surface area contributed by atoms with Gasteiger partial charge in [0.1, 0.15) is 0 Å². The van der Waals surface area contributed by atoms with Gasteiger partial charge < -0.3 is 14.3 Å². The SMILES string of the molecule is O=[N+]([O-])c1cccc(N2CCN(c3noc(-c4ccccc4)n3)CC2)c1. The number of hydrogen-bond acceptors (Lipinski definition) is 7. The lowest BCUT2D eigenvalue weighted by Crippen LogP contribution is -2.47. The molecule has 0 unspecified atom stereocenters. The number of non-ortho nitro benzene ring substituents is 1. The van der Waals surface area contributed by atoms with Crippen LogP contribution in [0.1, 0.15) is 0 Å². The Bertz CT molecular complexity index is 904. The van der Waals surface area contributed by atoms with Gasteiger partial charge in [0.25, 0.3) is 17.5 Å². The molecule has 0 bridgehead atoms. The summed E-state index contributed by atoms with van der Waals surface area (Å²) in [6.45, 7) is 2.90. The highest BCUT2D eigenvalue weighted by Gasteiger charge is 2.22. The van der Waals surface area contributed by atoms with Crippen LogP contribution in [0.15, 0.2) is 59.1 Å². The summed E-state index contributed by atoms with van der Waals surface area (Å²) in [4.78, 5) is 19.2. The number of nitro benzene ring substituents is 1. The molecule has 0 saturated carbocycles. The minimum absolute atomic E-state index is 0.107. The molecule has 2 aromatic carbocycles. The molecule has 1 fully saturated rings. The first-order chi connectivity index (χ1) is 12.7. The van der Waals surface area contributed by atoms with Gasteiger partial charge in [-0.15, -0.1) is 0 Å². The van der Waals surface area contributed by atoms with E-state index in [9.17, 15) is 10.1 Å². The summed E-state index contributed by atoms with van der Waals surface area (Å²) in [5, 5.41) is 15.0. The first-order valence-corrected chi connectivity index (χ1v) is 8.34. The van der Waals surface area contributed by atoms with Crippen molar-refractivity contribution < 1.29 is 9.45 Å². The Hall–Kier alpha value is -3.42. The van der Waals surface area contributed by atoms with E-state index in [4.69, 9.17) is 4.52 Å². The van der Waals surface area contributed by atoms with Crippen molar-refractivity contribution in [2.45, 2.75) is 0 Å². The first kappa shape index (κ1) is 16.1. The highest BCUT2D eigenvalue weighted by atomic mass is 16.6. The van der Waals surface area contributed by atoms with Crippen LogP contribution in [0.3, 0.4) is 0 Å². The smallest absolute Gasteiger partial charge is 0.271 e. The van der Waals surface area contributed by atoms with E-state index in [0.29, 0.717) is 11.8 Å². The predicted molar refractivity (Wildman–Crippen MR) is 97.3 cm³/mol. The first-order valence-electron chi connectivity index (χ1n) is 8.34. The molecule has 3 aromatic rings. The van der Waals surface area contributed by atoms with Crippen LogP contribution < -0.4 is 9.80 Å². The monoisotopic (exact) mass is 351 g/mol. The molecule has 0 N–H and O–H groups in total. The molecule has 0 radical (unpaired) electrons. The molecule has 132 valence electrons. The van der Waals surface area contributed by atoms with E-state index in [1.807, 2.05) is 36.4 Å². The van der Waals surface area contributed by atoms with E-state index >= 15 is 0 Å². The third kappa shape index (κ3) is 3.21. The lowest BCUT2D eigenvalue weighted by atomic mass is 10.2. The molecule has 2 heterocycles. The van der Waals surface area contributed by atoms with Crippen LogP contribution in [0.25, 0.3) is 11.5 Å². The van der Waals surface area contributed by atoms with Gasteiger partial charge in [0, 0.05) is 49.6 Å². The van der Waals surface area contributed by atoms with Crippen molar-refractivity contribution in [2.75, 3.05) is 36.0 Å². The zero-order valence-corrected chi connectivity index (χ0v) is 14.0. The van der Waals surface area contributed by atoms with E-state index in [0.717, 1.165) is 37.4 Å². The van der Waals surface area contributed by atoms with Crippen molar-refractivity contribution in [3.05, 3.63) is 64.7 Å². The van der Waals surface area contributed by atoms with Crippen LogP contribution >= 0.6 is 0 Å². The molecule has 1 aliphatic heterocycles. The fraction of sp³-hybridized carbons (Fsp3) is 0.222. The second-order valence-electron chi connectivity index (χ2n) is 6.02. The van der Waals surface area contributed by atoms with Crippen LogP contribution in [0.4, 0.5) is 17.3 Å². The third-order valence-corrected chi connectivity index (χ3v) is 4.40. The van der Waals surface area contributed by atoms with Gasteiger partial charge in [-0.25, -0.2) is 0 Å².